The minimum absolute atomic E-state index is 0.278. The number of benzene rings is 2. The van der Waals surface area contributed by atoms with E-state index in [0.717, 1.165) is 28.9 Å². The Morgan fingerprint density at radius 3 is 2.57 bits per heavy atom. The number of morpholine rings is 1. The predicted molar refractivity (Wildman–Crippen MR) is 85.6 cm³/mol. The number of nitrogens with one attached hydrogen (secondary N) is 1. The molecule has 2 atom stereocenters. The molecule has 4 heteroatoms. The summed E-state index contributed by atoms with van der Waals surface area (Å²) in [5.74, 6) is 0. The lowest BCUT2D eigenvalue weighted by molar-refractivity contribution is -0.107. The van der Waals surface area contributed by atoms with Gasteiger partial charge in [-0.1, -0.05) is 30.3 Å². The number of ether oxygens (including phenoxy) is 1. The molecule has 4 nitrogen and oxygen atoms in total. The van der Waals surface area contributed by atoms with E-state index in [4.69, 9.17) is 16.2 Å². The molecule has 110 valence electrons. The van der Waals surface area contributed by atoms with Gasteiger partial charge >= 0.3 is 0 Å². The van der Waals surface area contributed by atoms with Crippen molar-refractivity contribution in [1.29, 1.82) is 0 Å². The monoisotopic (exact) mass is 283 g/mol. The Labute approximate surface area is 125 Å². The van der Waals surface area contributed by atoms with Gasteiger partial charge in [-0.25, -0.2) is 0 Å². The van der Waals surface area contributed by atoms with Crippen LogP contribution in [0.4, 0.5) is 5.69 Å². The van der Waals surface area contributed by atoms with E-state index in [0.29, 0.717) is 6.54 Å². The highest BCUT2D eigenvalue weighted by Gasteiger charge is 2.33. The number of hydrogen-bond donors (Lipinski definition) is 3. The molecule has 0 bridgehead atoms. The van der Waals surface area contributed by atoms with Crippen LogP contribution in [0.15, 0.2) is 48.5 Å². The number of hydrogen-bond acceptors (Lipinski definition) is 4. The third kappa shape index (κ3) is 2.93. The standard InChI is InChI=1S/C17H21N3O/c1-17(11-20-10-16(19)21-17)14-6-2-4-12(8-14)13-5-3-7-15(18)9-13/h2-9,16,20H,10-11,18-19H2,1H3. The number of nitrogens with two attached hydrogens (primary N) is 2. The van der Waals surface area contributed by atoms with E-state index in [-0.39, 0.29) is 6.23 Å². The van der Waals surface area contributed by atoms with Crippen LogP contribution < -0.4 is 16.8 Å². The highest BCUT2D eigenvalue weighted by atomic mass is 16.5. The molecule has 0 radical (unpaired) electrons. The van der Waals surface area contributed by atoms with Gasteiger partial charge in [-0.05, 0) is 41.8 Å². The summed E-state index contributed by atoms with van der Waals surface area (Å²) in [5, 5.41) is 3.32. The first-order valence-electron chi connectivity index (χ1n) is 7.17. The Bertz CT molecular complexity index is 643. The maximum Gasteiger partial charge on any atom is 0.119 e. The fourth-order valence-electron chi connectivity index (χ4n) is 2.79. The summed E-state index contributed by atoms with van der Waals surface area (Å²) >= 11 is 0. The molecule has 1 aliphatic heterocycles. The van der Waals surface area contributed by atoms with E-state index >= 15 is 0 Å². The van der Waals surface area contributed by atoms with Crippen molar-refractivity contribution in [2.24, 2.45) is 5.73 Å². The van der Waals surface area contributed by atoms with Gasteiger partial charge in [-0.2, -0.15) is 0 Å². The molecule has 2 aromatic carbocycles. The van der Waals surface area contributed by atoms with Crippen molar-refractivity contribution in [2.75, 3.05) is 18.8 Å². The van der Waals surface area contributed by atoms with E-state index in [1.807, 2.05) is 24.3 Å². The summed E-state index contributed by atoms with van der Waals surface area (Å²) in [6.07, 6.45) is -0.278. The van der Waals surface area contributed by atoms with Crippen LogP contribution in [-0.2, 0) is 10.3 Å². The molecule has 3 rings (SSSR count). The topological polar surface area (TPSA) is 73.3 Å². The molecule has 0 saturated carbocycles. The smallest absolute Gasteiger partial charge is 0.119 e. The van der Waals surface area contributed by atoms with Gasteiger partial charge in [0.15, 0.2) is 0 Å². The van der Waals surface area contributed by atoms with Crippen LogP contribution in [0.25, 0.3) is 11.1 Å². The van der Waals surface area contributed by atoms with Gasteiger partial charge in [-0.15, -0.1) is 0 Å². The fourth-order valence-corrected chi connectivity index (χ4v) is 2.79. The second-order valence-electron chi connectivity index (χ2n) is 5.72. The van der Waals surface area contributed by atoms with Crippen molar-refractivity contribution < 1.29 is 4.74 Å². The molecule has 0 spiro atoms. The van der Waals surface area contributed by atoms with Crippen molar-refractivity contribution in [3.8, 4) is 11.1 Å². The second-order valence-corrected chi connectivity index (χ2v) is 5.72. The second kappa shape index (κ2) is 5.48. The highest BCUT2D eigenvalue weighted by molar-refractivity contribution is 5.68. The zero-order valence-corrected chi connectivity index (χ0v) is 12.2. The van der Waals surface area contributed by atoms with Crippen molar-refractivity contribution in [3.05, 3.63) is 54.1 Å². The van der Waals surface area contributed by atoms with E-state index in [1.165, 1.54) is 0 Å². The van der Waals surface area contributed by atoms with Gasteiger partial charge in [0.1, 0.15) is 11.8 Å². The summed E-state index contributed by atoms with van der Waals surface area (Å²) in [6.45, 7) is 3.50. The normalized spacial score (nSPS) is 25.7. The number of nitrogen functional groups attached to an aromatic ring is 1. The van der Waals surface area contributed by atoms with Gasteiger partial charge in [-0.3, -0.25) is 0 Å². The van der Waals surface area contributed by atoms with Crippen molar-refractivity contribution >= 4 is 5.69 Å². The molecule has 5 N–H and O–H groups in total. The van der Waals surface area contributed by atoms with Crippen LogP contribution in [0, 0.1) is 0 Å². The third-order valence-electron chi connectivity index (χ3n) is 3.91. The van der Waals surface area contributed by atoms with Gasteiger partial charge < -0.3 is 21.5 Å². The molecular weight excluding hydrogens is 262 g/mol. The van der Waals surface area contributed by atoms with Crippen molar-refractivity contribution in [2.45, 2.75) is 18.8 Å². The minimum Gasteiger partial charge on any atom is -0.399 e. The molecular formula is C17H21N3O. The maximum atomic E-state index is 5.97. The fraction of sp³-hybridized carbons (Fsp3) is 0.294. The summed E-state index contributed by atoms with van der Waals surface area (Å²) in [6, 6.07) is 16.2. The van der Waals surface area contributed by atoms with Crippen LogP contribution in [0.3, 0.4) is 0 Å². The third-order valence-corrected chi connectivity index (χ3v) is 3.91. The van der Waals surface area contributed by atoms with E-state index < -0.39 is 5.60 Å². The first kappa shape index (κ1) is 14.1. The van der Waals surface area contributed by atoms with Crippen LogP contribution >= 0.6 is 0 Å². The molecule has 1 aliphatic rings. The number of rotatable bonds is 2. The average molecular weight is 283 g/mol. The Balaban J connectivity index is 1.96. The summed E-state index contributed by atoms with van der Waals surface area (Å²) in [7, 11) is 0. The first-order valence-corrected chi connectivity index (χ1v) is 7.17. The number of anilines is 1. The van der Waals surface area contributed by atoms with Gasteiger partial charge in [0.2, 0.25) is 0 Å². The van der Waals surface area contributed by atoms with Crippen LogP contribution in [0.2, 0.25) is 0 Å². The summed E-state index contributed by atoms with van der Waals surface area (Å²) in [4.78, 5) is 0. The lowest BCUT2D eigenvalue weighted by atomic mass is 9.91. The first-order chi connectivity index (χ1) is 10.1. The van der Waals surface area contributed by atoms with Gasteiger partial charge in [0, 0.05) is 18.8 Å². The van der Waals surface area contributed by atoms with Crippen LogP contribution in [0.1, 0.15) is 12.5 Å². The molecule has 21 heavy (non-hydrogen) atoms. The molecule has 2 unspecified atom stereocenters. The zero-order chi connectivity index (χ0) is 14.9. The molecule has 0 aromatic heterocycles. The maximum absolute atomic E-state index is 5.97. The average Bonchev–Trinajstić information content (AvgIpc) is 2.47. The highest BCUT2D eigenvalue weighted by Crippen LogP contribution is 2.31. The SMILES string of the molecule is CC1(c2cccc(-c3cccc(N)c3)c2)CNCC(N)O1. The minimum atomic E-state index is -0.409. The largest absolute Gasteiger partial charge is 0.399 e. The molecule has 2 aromatic rings. The van der Waals surface area contributed by atoms with E-state index in [2.05, 4.69) is 36.5 Å². The molecule has 0 amide bonds. The predicted octanol–water partition coefficient (Wildman–Crippen LogP) is 2.06. The lowest BCUT2D eigenvalue weighted by Gasteiger charge is -2.38. The van der Waals surface area contributed by atoms with E-state index in [9.17, 15) is 0 Å². The van der Waals surface area contributed by atoms with Crippen molar-refractivity contribution in [3.63, 3.8) is 0 Å². The Morgan fingerprint density at radius 1 is 1.14 bits per heavy atom. The molecule has 1 fully saturated rings. The molecule has 0 aliphatic carbocycles. The van der Waals surface area contributed by atoms with Gasteiger partial charge in [0.05, 0.1) is 0 Å². The van der Waals surface area contributed by atoms with Crippen molar-refractivity contribution in [1.82, 2.24) is 5.32 Å². The Kier molecular flexibility index (Phi) is 3.68. The van der Waals surface area contributed by atoms with Crippen LogP contribution in [0.5, 0.6) is 0 Å². The zero-order valence-electron chi connectivity index (χ0n) is 12.2. The van der Waals surface area contributed by atoms with Gasteiger partial charge in [0.25, 0.3) is 0 Å². The Hall–Kier alpha value is -1.88. The Morgan fingerprint density at radius 2 is 1.86 bits per heavy atom. The quantitative estimate of drug-likeness (QED) is 0.738. The molecule has 1 saturated heterocycles. The molecule has 1 heterocycles. The summed E-state index contributed by atoms with van der Waals surface area (Å²) < 4.78 is 5.97. The van der Waals surface area contributed by atoms with E-state index in [1.54, 1.807) is 0 Å². The van der Waals surface area contributed by atoms with Crippen LogP contribution in [-0.4, -0.2) is 19.3 Å². The lowest BCUT2D eigenvalue weighted by Crippen LogP contribution is -2.53. The summed E-state index contributed by atoms with van der Waals surface area (Å²) in [5.41, 5.74) is 15.5.